The van der Waals surface area contributed by atoms with E-state index in [0.717, 1.165) is 42.0 Å². The first-order valence-corrected chi connectivity index (χ1v) is 16.8. The average molecular weight is 619 g/mol. The molecule has 0 radical (unpaired) electrons. The second kappa shape index (κ2) is 10.9. The molecule has 2 heterocycles. The molecular weight excluding hydrogens is 585 g/mol. The summed E-state index contributed by atoms with van der Waals surface area (Å²) in [5.41, 5.74) is 13.6. The quantitative estimate of drug-likeness (QED) is 0.197. The van der Waals surface area contributed by atoms with Gasteiger partial charge in [0.15, 0.2) is 0 Å². The zero-order valence-corrected chi connectivity index (χ0v) is 27.1. The maximum atomic E-state index is 9.62. The largest absolute Gasteiger partial charge is 0.312 e. The van der Waals surface area contributed by atoms with E-state index >= 15 is 0 Å². The molecule has 3 aliphatic carbocycles. The van der Waals surface area contributed by atoms with Gasteiger partial charge in [0.25, 0.3) is 0 Å². The van der Waals surface area contributed by atoms with E-state index in [0.29, 0.717) is 5.56 Å². The smallest absolute Gasteiger partial charge is 0.136 e. The molecular formula is C44H34N4. The van der Waals surface area contributed by atoms with Crippen molar-refractivity contribution in [3.05, 3.63) is 156 Å². The van der Waals surface area contributed by atoms with Gasteiger partial charge < -0.3 is 4.57 Å². The molecule has 2 aromatic heterocycles. The van der Waals surface area contributed by atoms with Crippen molar-refractivity contribution in [2.75, 3.05) is 0 Å². The lowest BCUT2D eigenvalue weighted by molar-refractivity contribution is 0.661. The van der Waals surface area contributed by atoms with Crippen LogP contribution in [0, 0.1) is 11.3 Å². The van der Waals surface area contributed by atoms with Crippen LogP contribution in [0.1, 0.15) is 67.2 Å². The molecule has 4 heteroatoms. The highest BCUT2D eigenvalue weighted by molar-refractivity contribution is 6.16. The summed E-state index contributed by atoms with van der Waals surface area (Å²) in [6.45, 7) is 4.70. The first kappa shape index (κ1) is 28.4. The first-order chi connectivity index (χ1) is 23.5. The molecule has 1 atom stereocenters. The Bertz CT molecular complexity index is 2480. The van der Waals surface area contributed by atoms with Gasteiger partial charge in [0, 0.05) is 45.4 Å². The highest BCUT2D eigenvalue weighted by atomic mass is 15.0. The number of hydrogen-bond acceptors (Lipinski definition) is 3. The molecule has 230 valence electrons. The molecule has 0 aliphatic heterocycles. The SMILES string of the molecule is CC1(C)c2ccccc2-c2c1ccc1c3ccccc3n(C3=CC=CC(c4nc(C5=CC=CCC5)cc(-c5cccc(C#N)c5)n4)C3)c21. The fraction of sp³-hybridized carbons (Fsp3) is 0.159. The number of nitrogens with zero attached hydrogens (tertiary/aromatic N) is 4. The summed E-state index contributed by atoms with van der Waals surface area (Å²) in [6.07, 6.45) is 15.9. The van der Waals surface area contributed by atoms with E-state index in [2.05, 4.69) is 128 Å². The van der Waals surface area contributed by atoms with Crippen LogP contribution in [0.15, 0.2) is 127 Å². The Kier molecular flexibility index (Phi) is 6.45. The van der Waals surface area contributed by atoms with Crippen molar-refractivity contribution in [2.24, 2.45) is 0 Å². The summed E-state index contributed by atoms with van der Waals surface area (Å²) in [6, 6.07) is 34.5. The van der Waals surface area contributed by atoms with E-state index in [1.165, 1.54) is 55.3 Å². The molecule has 9 rings (SSSR count). The molecule has 0 fully saturated rings. The van der Waals surface area contributed by atoms with Crippen molar-refractivity contribution in [1.29, 1.82) is 5.26 Å². The number of nitriles is 1. The lowest BCUT2D eigenvalue weighted by atomic mass is 9.82. The van der Waals surface area contributed by atoms with Crippen LogP contribution in [-0.2, 0) is 5.41 Å². The second-order valence-electron chi connectivity index (χ2n) is 13.6. The minimum Gasteiger partial charge on any atom is -0.312 e. The van der Waals surface area contributed by atoms with Crippen LogP contribution >= 0.6 is 0 Å². The van der Waals surface area contributed by atoms with Crippen LogP contribution in [0.2, 0.25) is 0 Å². The molecule has 3 aliphatic rings. The van der Waals surface area contributed by atoms with Gasteiger partial charge in [-0.25, -0.2) is 9.97 Å². The van der Waals surface area contributed by atoms with Crippen LogP contribution < -0.4 is 0 Å². The van der Waals surface area contributed by atoms with Gasteiger partial charge in [0.05, 0.1) is 34.1 Å². The van der Waals surface area contributed by atoms with Crippen molar-refractivity contribution in [3.8, 4) is 28.5 Å². The Balaban J connectivity index is 1.21. The lowest BCUT2D eigenvalue weighted by Gasteiger charge is -2.23. The van der Waals surface area contributed by atoms with Crippen LogP contribution in [0.3, 0.4) is 0 Å². The highest BCUT2D eigenvalue weighted by Gasteiger charge is 2.37. The molecule has 1 unspecified atom stereocenters. The summed E-state index contributed by atoms with van der Waals surface area (Å²) in [7, 11) is 0. The van der Waals surface area contributed by atoms with Crippen molar-refractivity contribution in [1.82, 2.24) is 14.5 Å². The molecule has 0 spiro atoms. The summed E-state index contributed by atoms with van der Waals surface area (Å²) >= 11 is 0. The number of para-hydroxylation sites is 1. The summed E-state index contributed by atoms with van der Waals surface area (Å²) in [5, 5.41) is 12.2. The topological polar surface area (TPSA) is 54.5 Å². The van der Waals surface area contributed by atoms with Crippen LogP contribution in [0.4, 0.5) is 0 Å². The van der Waals surface area contributed by atoms with Crippen molar-refractivity contribution >= 4 is 33.1 Å². The Morgan fingerprint density at radius 1 is 0.812 bits per heavy atom. The molecule has 6 aromatic rings. The third kappa shape index (κ3) is 4.35. The molecule has 48 heavy (non-hydrogen) atoms. The van der Waals surface area contributed by atoms with Crippen molar-refractivity contribution in [2.45, 2.75) is 44.4 Å². The zero-order valence-electron chi connectivity index (χ0n) is 27.1. The minimum absolute atomic E-state index is 0.0146. The monoisotopic (exact) mass is 618 g/mol. The summed E-state index contributed by atoms with van der Waals surface area (Å²) in [5.74, 6) is 0.791. The molecule has 0 saturated heterocycles. The van der Waals surface area contributed by atoms with Crippen LogP contribution in [0.25, 0.3) is 55.5 Å². The van der Waals surface area contributed by atoms with Gasteiger partial charge in [-0.05, 0) is 65.4 Å². The van der Waals surface area contributed by atoms with Crippen molar-refractivity contribution < 1.29 is 0 Å². The van der Waals surface area contributed by atoms with Gasteiger partial charge >= 0.3 is 0 Å². The molecule has 0 bridgehead atoms. The standard InChI is InChI=1S/C44H34N4/c1-44(2)36-20-8-6-19-35(36)41-37(44)23-22-34-33-18-7-9-21-40(33)48(42(34)41)32-17-11-16-31(25-32)43-46-38(29-13-4-3-5-14-29)26-39(47-43)30-15-10-12-28(24-30)27-45/h3-4,6-13,15-24,26,31H,5,14,25H2,1-2H3. The zero-order chi connectivity index (χ0) is 32.4. The first-order valence-electron chi connectivity index (χ1n) is 16.8. The summed E-state index contributed by atoms with van der Waals surface area (Å²) in [4.78, 5) is 10.4. The number of allylic oxidation sites excluding steroid dienone is 8. The predicted molar refractivity (Wildman–Crippen MR) is 196 cm³/mol. The maximum Gasteiger partial charge on any atom is 0.136 e. The normalized spacial score (nSPS) is 17.6. The van der Waals surface area contributed by atoms with Gasteiger partial charge in [-0.2, -0.15) is 5.26 Å². The van der Waals surface area contributed by atoms with E-state index < -0.39 is 0 Å². The van der Waals surface area contributed by atoms with E-state index in [-0.39, 0.29) is 11.3 Å². The fourth-order valence-corrected chi connectivity index (χ4v) is 8.05. The van der Waals surface area contributed by atoms with Crippen molar-refractivity contribution in [3.63, 3.8) is 0 Å². The lowest BCUT2D eigenvalue weighted by Crippen LogP contribution is -2.14. The van der Waals surface area contributed by atoms with Gasteiger partial charge in [-0.1, -0.05) is 111 Å². The third-order valence-corrected chi connectivity index (χ3v) is 10.4. The number of hydrogen-bond donors (Lipinski definition) is 0. The van der Waals surface area contributed by atoms with E-state index in [1.807, 2.05) is 24.3 Å². The van der Waals surface area contributed by atoms with Gasteiger partial charge in [0.1, 0.15) is 5.82 Å². The molecule has 0 amide bonds. The average Bonchev–Trinajstić information content (AvgIpc) is 3.60. The number of rotatable bonds is 4. The highest BCUT2D eigenvalue weighted by Crippen LogP contribution is 2.53. The number of fused-ring (bicyclic) bond motifs is 7. The van der Waals surface area contributed by atoms with E-state index in [4.69, 9.17) is 9.97 Å². The molecule has 4 aromatic carbocycles. The molecule has 0 N–H and O–H groups in total. The Morgan fingerprint density at radius 2 is 1.67 bits per heavy atom. The second-order valence-corrected chi connectivity index (χ2v) is 13.6. The Morgan fingerprint density at radius 3 is 2.54 bits per heavy atom. The van der Waals surface area contributed by atoms with Gasteiger partial charge in [-0.15, -0.1) is 0 Å². The Hall–Kier alpha value is -5.79. The van der Waals surface area contributed by atoms with Crippen LogP contribution in [0.5, 0.6) is 0 Å². The minimum atomic E-state index is -0.0820. The van der Waals surface area contributed by atoms with Crippen LogP contribution in [-0.4, -0.2) is 14.5 Å². The van der Waals surface area contributed by atoms with E-state index in [9.17, 15) is 5.26 Å². The third-order valence-electron chi connectivity index (χ3n) is 10.4. The molecule has 0 saturated carbocycles. The van der Waals surface area contributed by atoms with Gasteiger partial charge in [-0.3, -0.25) is 0 Å². The maximum absolute atomic E-state index is 9.62. The Labute approximate surface area is 280 Å². The van der Waals surface area contributed by atoms with Gasteiger partial charge in [0.2, 0.25) is 0 Å². The molecule has 4 nitrogen and oxygen atoms in total. The number of benzene rings is 4. The van der Waals surface area contributed by atoms with E-state index in [1.54, 1.807) is 0 Å². The summed E-state index contributed by atoms with van der Waals surface area (Å²) < 4.78 is 2.51. The predicted octanol–water partition coefficient (Wildman–Crippen LogP) is 10.7. The number of aromatic nitrogens is 3. The fourth-order valence-electron chi connectivity index (χ4n) is 8.05.